The number of rotatable bonds is 6. The van der Waals surface area contributed by atoms with Crippen LogP contribution in [0.3, 0.4) is 0 Å². The van der Waals surface area contributed by atoms with Crippen LogP contribution in [0.4, 0.5) is 0 Å². The Morgan fingerprint density at radius 1 is 0.775 bits per heavy atom. The summed E-state index contributed by atoms with van der Waals surface area (Å²) in [6, 6.07) is 16.7. The van der Waals surface area contributed by atoms with Crippen LogP contribution in [0.5, 0.6) is 5.75 Å². The van der Waals surface area contributed by atoms with Gasteiger partial charge in [0.05, 0.1) is 19.0 Å². The predicted molar refractivity (Wildman–Crippen MR) is 148 cm³/mol. The largest absolute Gasteiger partial charge is 0.496 e. The number of ether oxygens (including phenoxy) is 6. The normalized spacial score (nSPS) is 34.1. The zero-order valence-corrected chi connectivity index (χ0v) is 24.0. The second kappa shape index (κ2) is 10.8. The lowest BCUT2D eigenvalue weighted by Crippen LogP contribution is -2.46. The third-order valence-electron chi connectivity index (χ3n) is 9.13. The molecule has 1 unspecified atom stereocenters. The maximum Gasteiger partial charge on any atom is 0.265 e. The highest BCUT2D eigenvalue weighted by Gasteiger charge is 2.63. The molecule has 0 bridgehead atoms. The first-order valence-corrected chi connectivity index (χ1v) is 16.5. The minimum Gasteiger partial charge on any atom is -0.496 e. The Morgan fingerprint density at radius 3 is 2.17 bits per heavy atom. The molecule has 0 radical (unpaired) electrons. The van der Waals surface area contributed by atoms with E-state index in [1.807, 2.05) is 54.6 Å². The van der Waals surface area contributed by atoms with E-state index >= 15 is 4.57 Å². The summed E-state index contributed by atoms with van der Waals surface area (Å²) < 4.78 is 60.5. The van der Waals surface area contributed by atoms with Crippen molar-refractivity contribution in [3.8, 4) is 5.75 Å². The molecule has 2 aliphatic carbocycles. The molecule has 7 rings (SSSR count). The van der Waals surface area contributed by atoms with Crippen molar-refractivity contribution in [3.63, 3.8) is 0 Å². The molecule has 9 heteroatoms. The molecule has 2 aromatic carbocycles. The molecule has 5 aliphatic rings. The van der Waals surface area contributed by atoms with Crippen molar-refractivity contribution >= 4 is 18.0 Å². The Hall–Kier alpha value is -1.77. The molecule has 0 amide bonds. The van der Waals surface area contributed by atoms with Gasteiger partial charge >= 0.3 is 0 Å². The van der Waals surface area contributed by atoms with Gasteiger partial charge in [0.1, 0.15) is 30.2 Å². The smallest absolute Gasteiger partial charge is 0.265 e. The average molecular weight is 571 g/mol. The zero-order valence-electron chi connectivity index (χ0n) is 23.1. The highest BCUT2D eigenvalue weighted by Crippen LogP contribution is 2.55. The molecule has 2 spiro atoms. The van der Waals surface area contributed by atoms with E-state index in [1.54, 1.807) is 7.11 Å². The summed E-state index contributed by atoms with van der Waals surface area (Å²) in [6.45, 7) is 0.388. The summed E-state index contributed by atoms with van der Waals surface area (Å²) in [5, 5.41) is 1.09. The monoisotopic (exact) mass is 570 g/mol. The van der Waals surface area contributed by atoms with E-state index in [1.165, 1.54) is 12.8 Å². The Morgan fingerprint density at radius 2 is 1.45 bits per heavy atom. The molecule has 3 aliphatic heterocycles. The summed E-state index contributed by atoms with van der Waals surface area (Å²) in [7, 11) is -2.10. The van der Waals surface area contributed by atoms with Gasteiger partial charge in [0.2, 0.25) is 0 Å². The van der Waals surface area contributed by atoms with E-state index < -0.39 is 43.5 Å². The molecule has 3 heterocycles. The topological polar surface area (TPSA) is 81.7 Å². The van der Waals surface area contributed by atoms with Gasteiger partial charge in [-0.1, -0.05) is 43.2 Å². The Labute approximate surface area is 236 Å². The summed E-state index contributed by atoms with van der Waals surface area (Å²) in [4.78, 5) is 0. The first-order chi connectivity index (χ1) is 19.5. The van der Waals surface area contributed by atoms with Crippen LogP contribution >= 0.6 is 7.37 Å². The number of para-hydroxylation sites is 1. The highest BCUT2D eigenvalue weighted by atomic mass is 31.2. The van der Waals surface area contributed by atoms with Crippen LogP contribution in [0.2, 0.25) is 0 Å². The second-order valence-corrected chi connectivity index (χ2v) is 14.0. The lowest BCUT2D eigenvalue weighted by Gasteiger charge is -2.36. The third kappa shape index (κ3) is 4.76. The SMILES string of the molecule is COc1ccccc1P(=O)(O[C@@H]1[C@H]2OC3(CCCCC3)O[C@H]2O[C@@H]1[C@H]1COC2(CCCCC2)O1)c1ccccc1. The fourth-order valence-electron chi connectivity index (χ4n) is 7.12. The van der Waals surface area contributed by atoms with Crippen molar-refractivity contribution in [2.75, 3.05) is 13.7 Å². The van der Waals surface area contributed by atoms with E-state index in [0.29, 0.717) is 23.0 Å². The van der Waals surface area contributed by atoms with E-state index in [4.69, 9.17) is 32.9 Å². The van der Waals surface area contributed by atoms with Gasteiger partial charge in [0.25, 0.3) is 7.37 Å². The molecular weight excluding hydrogens is 531 g/mol. The fraction of sp³-hybridized carbons (Fsp3) is 0.613. The summed E-state index contributed by atoms with van der Waals surface area (Å²) >= 11 is 0. The number of hydrogen-bond donors (Lipinski definition) is 0. The van der Waals surface area contributed by atoms with E-state index in [2.05, 4.69) is 0 Å². The van der Waals surface area contributed by atoms with Gasteiger partial charge in [-0.15, -0.1) is 0 Å². The van der Waals surface area contributed by atoms with Crippen LogP contribution < -0.4 is 15.3 Å². The fourth-order valence-corrected chi connectivity index (χ4v) is 9.52. The molecule has 40 heavy (non-hydrogen) atoms. The average Bonchev–Trinajstić information content (AvgIpc) is 3.66. The maximum atomic E-state index is 15.2. The number of benzene rings is 2. The number of methoxy groups -OCH3 is 1. The van der Waals surface area contributed by atoms with Crippen LogP contribution in [0.1, 0.15) is 64.2 Å². The Balaban J connectivity index is 1.25. The quantitative estimate of drug-likeness (QED) is 0.440. The molecule has 8 nitrogen and oxygen atoms in total. The van der Waals surface area contributed by atoms with Gasteiger partial charge in [0.15, 0.2) is 17.9 Å². The Kier molecular flexibility index (Phi) is 7.32. The van der Waals surface area contributed by atoms with Crippen LogP contribution in [0, 0.1) is 0 Å². The molecule has 0 N–H and O–H groups in total. The van der Waals surface area contributed by atoms with Gasteiger partial charge in [-0.2, -0.15) is 0 Å². The first kappa shape index (κ1) is 27.1. The summed E-state index contributed by atoms with van der Waals surface area (Å²) in [5.74, 6) is -0.748. The van der Waals surface area contributed by atoms with Gasteiger partial charge in [-0.3, -0.25) is 4.57 Å². The first-order valence-electron chi connectivity index (χ1n) is 14.8. The van der Waals surface area contributed by atoms with Crippen molar-refractivity contribution < 1.29 is 37.5 Å². The molecule has 0 aromatic heterocycles. The molecule has 3 saturated heterocycles. The lowest BCUT2D eigenvalue weighted by atomic mass is 9.94. The Bertz CT molecular complexity index is 1220. The minimum absolute atomic E-state index is 0.384. The van der Waals surface area contributed by atoms with Crippen molar-refractivity contribution in [2.45, 2.75) is 106 Å². The van der Waals surface area contributed by atoms with E-state index in [0.717, 1.165) is 51.4 Å². The van der Waals surface area contributed by atoms with Crippen LogP contribution in [0.15, 0.2) is 54.6 Å². The standard InChI is InChI=1S/C31H39O8P/c1-33-23-15-7-8-16-25(23)40(32,22-13-5-2-6-14-22)39-27-26(24-21-34-30(36-24)17-9-3-10-18-30)35-29-28(27)37-31(38-29)19-11-4-12-20-31/h2,5-8,13-16,24,26-29H,3-4,9-12,17-21H2,1H3/t24-,26-,27+,28-,29-,40?/m1/s1. The van der Waals surface area contributed by atoms with Gasteiger partial charge < -0.3 is 32.9 Å². The lowest BCUT2D eigenvalue weighted by molar-refractivity contribution is -0.258. The third-order valence-corrected chi connectivity index (χ3v) is 11.7. The second-order valence-electron chi connectivity index (χ2n) is 11.7. The molecule has 216 valence electrons. The zero-order chi connectivity index (χ0) is 27.2. The van der Waals surface area contributed by atoms with E-state index in [-0.39, 0.29) is 6.10 Å². The molecule has 2 aromatic rings. The molecular formula is C31H39O8P. The highest BCUT2D eigenvalue weighted by molar-refractivity contribution is 7.74. The van der Waals surface area contributed by atoms with Gasteiger partial charge in [-0.05, 0) is 49.9 Å². The van der Waals surface area contributed by atoms with Crippen molar-refractivity contribution in [2.24, 2.45) is 0 Å². The minimum atomic E-state index is -3.68. The van der Waals surface area contributed by atoms with Crippen LogP contribution in [0.25, 0.3) is 0 Å². The molecule has 5 fully saturated rings. The van der Waals surface area contributed by atoms with E-state index in [9.17, 15) is 0 Å². The summed E-state index contributed by atoms with van der Waals surface area (Å²) in [6.07, 6.45) is 7.16. The number of fused-ring (bicyclic) bond motifs is 1. The van der Waals surface area contributed by atoms with Crippen molar-refractivity contribution in [1.29, 1.82) is 0 Å². The molecule has 2 saturated carbocycles. The van der Waals surface area contributed by atoms with Crippen LogP contribution in [-0.2, 0) is 32.8 Å². The van der Waals surface area contributed by atoms with Gasteiger partial charge in [0, 0.05) is 31.0 Å². The predicted octanol–water partition coefficient (Wildman–Crippen LogP) is 5.19. The van der Waals surface area contributed by atoms with Crippen molar-refractivity contribution in [3.05, 3.63) is 54.6 Å². The van der Waals surface area contributed by atoms with Crippen molar-refractivity contribution in [1.82, 2.24) is 0 Å². The van der Waals surface area contributed by atoms with Gasteiger partial charge in [-0.25, -0.2) is 0 Å². The van der Waals surface area contributed by atoms with Crippen LogP contribution in [-0.4, -0.2) is 56.0 Å². The maximum absolute atomic E-state index is 15.2. The molecule has 6 atom stereocenters. The number of hydrogen-bond acceptors (Lipinski definition) is 8. The summed E-state index contributed by atoms with van der Waals surface area (Å²) in [5.41, 5.74) is 0.